The summed E-state index contributed by atoms with van der Waals surface area (Å²) in [5.41, 5.74) is 0.352. The number of nitrogens with zero attached hydrogens (tertiary/aromatic N) is 2. The number of halogens is 1. The van der Waals surface area contributed by atoms with Gasteiger partial charge in [-0.25, -0.2) is 4.52 Å². The SMILES string of the molecule is O=c1[nH]cnn2c([C@@H]3O[C@H](CO)[C@@H](O)[C@H]3O)cc(Br)c12. The van der Waals surface area contributed by atoms with Gasteiger partial charge in [0.15, 0.2) is 0 Å². The Bertz CT molecular complexity index is 699. The van der Waals surface area contributed by atoms with Crippen molar-refractivity contribution in [1.82, 2.24) is 14.6 Å². The lowest BCUT2D eigenvalue weighted by Crippen LogP contribution is -2.32. The lowest BCUT2D eigenvalue weighted by atomic mass is 10.1. The third-order valence-electron chi connectivity index (χ3n) is 3.37. The molecule has 108 valence electrons. The second-order valence-corrected chi connectivity index (χ2v) is 5.41. The number of ether oxygens (including phenoxy) is 1. The summed E-state index contributed by atoms with van der Waals surface area (Å²) in [5.74, 6) is 0. The van der Waals surface area contributed by atoms with Crippen molar-refractivity contribution in [2.24, 2.45) is 0 Å². The summed E-state index contributed by atoms with van der Waals surface area (Å²) in [6, 6.07) is 1.60. The Labute approximate surface area is 120 Å². The molecule has 0 radical (unpaired) electrons. The third-order valence-corrected chi connectivity index (χ3v) is 3.98. The Balaban J connectivity index is 2.12. The van der Waals surface area contributed by atoms with E-state index in [1.54, 1.807) is 6.07 Å². The zero-order chi connectivity index (χ0) is 14.4. The molecule has 0 saturated carbocycles. The molecule has 1 saturated heterocycles. The standard InChI is InChI=1S/C11H12BrN3O5/c12-4-1-5(15-7(4)11(19)13-3-14-15)10-9(18)8(17)6(2-16)20-10/h1,3,6,8-10,16-18H,2H2,(H,13,14,19)/t6-,8-,9-,10+/m1/s1. The van der Waals surface area contributed by atoms with E-state index in [0.717, 1.165) is 0 Å². The van der Waals surface area contributed by atoms with Crippen molar-refractivity contribution in [3.05, 3.63) is 32.9 Å². The number of H-pyrrole nitrogens is 1. The lowest BCUT2D eigenvalue weighted by molar-refractivity contribution is -0.0244. The maximum absolute atomic E-state index is 11.8. The molecule has 0 aliphatic carbocycles. The highest BCUT2D eigenvalue weighted by Crippen LogP contribution is 2.35. The fourth-order valence-electron chi connectivity index (χ4n) is 2.38. The molecular weight excluding hydrogens is 334 g/mol. The molecule has 3 heterocycles. The van der Waals surface area contributed by atoms with E-state index in [-0.39, 0.29) is 11.1 Å². The van der Waals surface area contributed by atoms with E-state index in [1.807, 2.05) is 0 Å². The van der Waals surface area contributed by atoms with Gasteiger partial charge in [-0.2, -0.15) is 5.10 Å². The number of rotatable bonds is 2. The number of aromatic nitrogens is 3. The van der Waals surface area contributed by atoms with Gasteiger partial charge in [-0.3, -0.25) is 4.79 Å². The third kappa shape index (κ3) is 1.90. The van der Waals surface area contributed by atoms with E-state index < -0.39 is 31.0 Å². The molecule has 0 spiro atoms. The van der Waals surface area contributed by atoms with Crippen molar-refractivity contribution < 1.29 is 20.1 Å². The van der Waals surface area contributed by atoms with Gasteiger partial charge in [0.05, 0.1) is 16.8 Å². The number of aliphatic hydroxyl groups is 3. The summed E-state index contributed by atoms with van der Waals surface area (Å²) in [6.07, 6.45) is -2.93. The topological polar surface area (TPSA) is 120 Å². The van der Waals surface area contributed by atoms with Crippen LogP contribution in [-0.2, 0) is 4.74 Å². The van der Waals surface area contributed by atoms with Crippen molar-refractivity contribution >= 4 is 21.4 Å². The van der Waals surface area contributed by atoms with Crippen molar-refractivity contribution in [1.29, 1.82) is 0 Å². The second kappa shape index (κ2) is 4.93. The number of aromatic amines is 1. The van der Waals surface area contributed by atoms with Crippen LogP contribution < -0.4 is 5.56 Å². The van der Waals surface area contributed by atoms with Gasteiger partial charge in [0, 0.05) is 0 Å². The van der Waals surface area contributed by atoms with Crippen LogP contribution in [0.5, 0.6) is 0 Å². The molecule has 9 heteroatoms. The van der Waals surface area contributed by atoms with Gasteiger partial charge in [0.2, 0.25) is 0 Å². The zero-order valence-corrected chi connectivity index (χ0v) is 11.7. The molecule has 20 heavy (non-hydrogen) atoms. The van der Waals surface area contributed by atoms with Crippen molar-refractivity contribution in [2.75, 3.05) is 6.61 Å². The number of aliphatic hydroxyl groups excluding tert-OH is 3. The molecule has 2 aromatic heterocycles. The van der Waals surface area contributed by atoms with E-state index in [2.05, 4.69) is 26.0 Å². The van der Waals surface area contributed by atoms with Gasteiger partial charge >= 0.3 is 0 Å². The van der Waals surface area contributed by atoms with Crippen LogP contribution in [0.15, 0.2) is 21.7 Å². The summed E-state index contributed by atoms with van der Waals surface area (Å²) in [7, 11) is 0. The molecule has 1 aliphatic rings. The minimum Gasteiger partial charge on any atom is -0.394 e. The number of fused-ring (bicyclic) bond motifs is 1. The van der Waals surface area contributed by atoms with E-state index in [9.17, 15) is 15.0 Å². The van der Waals surface area contributed by atoms with Gasteiger partial charge in [-0.05, 0) is 22.0 Å². The first-order chi connectivity index (χ1) is 9.54. The molecule has 4 N–H and O–H groups in total. The first kappa shape index (κ1) is 13.7. The Morgan fingerprint density at radius 3 is 2.85 bits per heavy atom. The maximum atomic E-state index is 11.8. The molecule has 1 fully saturated rings. The average molecular weight is 346 g/mol. The summed E-state index contributed by atoms with van der Waals surface area (Å²) < 4.78 is 7.27. The van der Waals surface area contributed by atoms with Crippen molar-refractivity contribution in [3.8, 4) is 0 Å². The highest BCUT2D eigenvalue weighted by molar-refractivity contribution is 9.10. The molecular formula is C11H12BrN3O5. The molecule has 1 aliphatic heterocycles. The highest BCUT2D eigenvalue weighted by Gasteiger charge is 2.44. The average Bonchev–Trinajstić information content (AvgIpc) is 2.90. The molecule has 0 amide bonds. The fraction of sp³-hybridized carbons (Fsp3) is 0.455. The lowest BCUT2D eigenvalue weighted by Gasteiger charge is -2.13. The summed E-state index contributed by atoms with van der Waals surface area (Å²) in [6.45, 7) is -0.410. The molecule has 4 atom stereocenters. The Morgan fingerprint density at radius 1 is 1.45 bits per heavy atom. The van der Waals surface area contributed by atoms with Crippen LogP contribution in [0.25, 0.3) is 5.52 Å². The quantitative estimate of drug-likeness (QED) is 0.550. The summed E-state index contributed by atoms with van der Waals surface area (Å²) in [4.78, 5) is 14.2. The van der Waals surface area contributed by atoms with E-state index in [4.69, 9.17) is 9.84 Å². The van der Waals surface area contributed by atoms with Crippen LogP contribution in [0.1, 0.15) is 11.8 Å². The molecule has 0 aromatic carbocycles. The van der Waals surface area contributed by atoms with Crippen LogP contribution in [0.2, 0.25) is 0 Å². The molecule has 0 bridgehead atoms. The minimum atomic E-state index is -1.21. The molecule has 0 unspecified atom stereocenters. The largest absolute Gasteiger partial charge is 0.394 e. The van der Waals surface area contributed by atoms with Gasteiger partial charge in [0.25, 0.3) is 5.56 Å². The number of hydrogen-bond acceptors (Lipinski definition) is 6. The van der Waals surface area contributed by atoms with Crippen LogP contribution >= 0.6 is 15.9 Å². The summed E-state index contributed by atoms with van der Waals surface area (Å²) in [5, 5.41) is 32.9. The fourth-order valence-corrected chi connectivity index (χ4v) is 2.96. The number of nitrogens with one attached hydrogen (secondary N) is 1. The molecule has 8 nitrogen and oxygen atoms in total. The van der Waals surface area contributed by atoms with Crippen LogP contribution in [0.3, 0.4) is 0 Å². The van der Waals surface area contributed by atoms with Gasteiger partial charge in [-0.1, -0.05) is 0 Å². The molecule has 2 aromatic rings. The first-order valence-electron chi connectivity index (χ1n) is 5.92. The maximum Gasteiger partial charge on any atom is 0.276 e. The number of hydrogen-bond donors (Lipinski definition) is 4. The van der Waals surface area contributed by atoms with E-state index >= 15 is 0 Å². The predicted molar refractivity (Wildman–Crippen MR) is 70.2 cm³/mol. The van der Waals surface area contributed by atoms with Gasteiger partial charge in [-0.15, -0.1) is 0 Å². The minimum absolute atomic E-state index is 0.278. The monoisotopic (exact) mass is 345 g/mol. The van der Waals surface area contributed by atoms with Crippen LogP contribution in [0.4, 0.5) is 0 Å². The van der Waals surface area contributed by atoms with Crippen LogP contribution in [0, 0.1) is 0 Å². The van der Waals surface area contributed by atoms with Gasteiger partial charge in [0.1, 0.15) is 36.3 Å². The predicted octanol–water partition coefficient (Wildman–Crippen LogP) is -1.06. The highest BCUT2D eigenvalue weighted by atomic mass is 79.9. The van der Waals surface area contributed by atoms with Crippen molar-refractivity contribution in [3.63, 3.8) is 0 Å². The Hall–Kier alpha value is -1.26. The Kier molecular flexibility index (Phi) is 3.38. The Morgan fingerprint density at radius 2 is 2.20 bits per heavy atom. The van der Waals surface area contributed by atoms with E-state index in [1.165, 1.54) is 10.8 Å². The second-order valence-electron chi connectivity index (χ2n) is 4.55. The normalized spacial score (nSPS) is 30.2. The van der Waals surface area contributed by atoms with Gasteiger partial charge < -0.3 is 25.0 Å². The van der Waals surface area contributed by atoms with E-state index in [0.29, 0.717) is 10.2 Å². The zero-order valence-electron chi connectivity index (χ0n) is 10.1. The smallest absolute Gasteiger partial charge is 0.276 e. The van der Waals surface area contributed by atoms with Crippen molar-refractivity contribution in [2.45, 2.75) is 24.4 Å². The first-order valence-corrected chi connectivity index (χ1v) is 6.71. The molecule has 3 rings (SSSR count). The summed E-state index contributed by atoms with van der Waals surface area (Å²) >= 11 is 3.25. The van der Waals surface area contributed by atoms with Crippen LogP contribution in [-0.4, -0.2) is 54.8 Å².